The number of carbonyl (C=O) groups is 1. The molecule has 0 bridgehead atoms. The van der Waals surface area contributed by atoms with E-state index >= 15 is 0 Å². The second kappa shape index (κ2) is 5.05. The Morgan fingerprint density at radius 3 is 2.83 bits per heavy atom. The van der Waals surface area contributed by atoms with Gasteiger partial charge in [0.05, 0.1) is 22.3 Å². The fourth-order valence-electron chi connectivity index (χ4n) is 2.93. The van der Waals surface area contributed by atoms with Crippen LogP contribution in [-0.4, -0.2) is 24.8 Å². The summed E-state index contributed by atoms with van der Waals surface area (Å²) in [5.41, 5.74) is 5.24. The third-order valence-electron chi connectivity index (χ3n) is 4.21. The quantitative estimate of drug-likeness (QED) is 0.571. The SMILES string of the molecule is CCc1nc2ccc(C(=O)n3cnc4ccccc43)cn2c1C. The van der Waals surface area contributed by atoms with Crippen LogP contribution in [0.25, 0.3) is 16.7 Å². The van der Waals surface area contributed by atoms with Gasteiger partial charge in [-0.05, 0) is 37.6 Å². The number of carbonyl (C=O) groups excluding carboxylic acids is 1. The predicted octanol–water partition coefficient (Wildman–Crippen LogP) is 3.24. The molecule has 5 nitrogen and oxygen atoms in total. The summed E-state index contributed by atoms with van der Waals surface area (Å²) in [7, 11) is 0. The lowest BCUT2D eigenvalue weighted by Gasteiger charge is -2.05. The van der Waals surface area contributed by atoms with Gasteiger partial charge in [-0.25, -0.2) is 9.97 Å². The van der Waals surface area contributed by atoms with Gasteiger partial charge in [0, 0.05) is 11.9 Å². The third-order valence-corrected chi connectivity index (χ3v) is 4.21. The summed E-state index contributed by atoms with van der Waals surface area (Å²) in [6.07, 6.45) is 4.31. The molecule has 3 heterocycles. The van der Waals surface area contributed by atoms with Crippen molar-refractivity contribution in [3.63, 3.8) is 0 Å². The zero-order chi connectivity index (χ0) is 16.0. The molecule has 0 radical (unpaired) electrons. The van der Waals surface area contributed by atoms with Crippen LogP contribution < -0.4 is 0 Å². The first kappa shape index (κ1) is 13.7. The van der Waals surface area contributed by atoms with Gasteiger partial charge in [0.25, 0.3) is 5.91 Å². The molecule has 0 amide bonds. The van der Waals surface area contributed by atoms with E-state index in [4.69, 9.17) is 0 Å². The Hall–Kier alpha value is -2.95. The molecule has 0 fully saturated rings. The molecule has 0 atom stereocenters. The molecule has 114 valence electrons. The van der Waals surface area contributed by atoms with E-state index in [0.29, 0.717) is 5.56 Å². The molecule has 4 aromatic rings. The lowest BCUT2D eigenvalue weighted by atomic mass is 10.2. The summed E-state index contributed by atoms with van der Waals surface area (Å²) < 4.78 is 3.56. The maximum atomic E-state index is 12.8. The lowest BCUT2D eigenvalue weighted by Crippen LogP contribution is -2.11. The molecule has 0 spiro atoms. The number of rotatable bonds is 2. The average molecular weight is 304 g/mol. The van der Waals surface area contributed by atoms with Crippen molar-refractivity contribution >= 4 is 22.6 Å². The standard InChI is InChI=1S/C18H16N4O/c1-3-14-12(2)21-10-13(8-9-17(21)20-14)18(23)22-11-19-15-6-4-5-7-16(15)22/h4-11H,3H2,1-2H3. The van der Waals surface area contributed by atoms with Gasteiger partial charge >= 0.3 is 0 Å². The number of benzene rings is 1. The predicted molar refractivity (Wildman–Crippen MR) is 88.8 cm³/mol. The molecule has 0 aliphatic heterocycles. The molecule has 5 heteroatoms. The van der Waals surface area contributed by atoms with E-state index in [0.717, 1.165) is 34.5 Å². The average Bonchev–Trinajstić information content (AvgIpc) is 3.15. The third kappa shape index (κ3) is 2.04. The largest absolute Gasteiger partial charge is 0.303 e. The van der Waals surface area contributed by atoms with Gasteiger partial charge in [-0.15, -0.1) is 0 Å². The van der Waals surface area contributed by atoms with Gasteiger partial charge in [-0.1, -0.05) is 19.1 Å². The van der Waals surface area contributed by atoms with Crippen molar-refractivity contribution in [2.24, 2.45) is 0 Å². The van der Waals surface area contributed by atoms with E-state index < -0.39 is 0 Å². The van der Waals surface area contributed by atoms with Gasteiger partial charge in [0.15, 0.2) is 0 Å². The monoisotopic (exact) mass is 304 g/mol. The van der Waals surface area contributed by atoms with Crippen LogP contribution in [-0.2, 0) is 6.42 Å². The number of aryl methyl sites for hydroxylation is 2. The Balaban J connectivity index is 1.85. The zero-order valence-electron chi connectivity index (χ0n) is 13.0. The number of pyridine rings is 1. The van der Waals surface area contributed by atoms with Gasteiger partial charge in [-0.2, -0.15) is 0 Å². The Morgan fingerprint density at radius 2 is 2.00 bits per heavy atom. The van der Waals surface area contributed by atoms with Crippen molar-refractivity contribution in [3.05, 3.63) is 65.9 Å². The van der Waals surface area contributed by atoms with Gasteiger partial charge in [0.1, 0.15) is 12.0 Å². The molecule has 0 saturated heterocycles. The van der Waals surface area contributed by atoms with Crippen molar-refractivity contribution in [3.8, 4) is 0 Å². The zero-order valence-corrected chi connectivity index (χ0v) is 13.0. The van der Waals surface area contributed by atoms with Crippen LogP contribution in [0.15, 0.2) is 48.9 Å². The van der Waals surface area contributed by atoms with E-state index in [1.54, 1.807) is 10.9 Å². The van der Waals surface area contributed by atoms with Gasteiger partial charge in [0.2, 0.25) is 0 Å². The highest BCUT2D eigenvalue weighted by molar-refractivity contribution is 6.01. The number of fused-ring (bicyclic) bond motifs is 2. The Kier molecular flexibility index (Phi) is 3.01. The molecule has 0 aliphatic carbocycles. The van der Waals surface area contributed by atoms with Crippen LogP contribution in [0.1, 0.15) is 28.7 Å². The number of imidazole rings is 2. The molecule has 3 aromatic heterocycles. The number of nitrogens with zero attached hydrogens (tertiary/aromatic N) is 4. The Morgan fingerprint density at radius 1 is 1.17 bits per heavy atom. The number of hydrogen-bond acceptors (Lipinski definition) is 3. The fourth-order valence-corrected chi connectivity index (χ4v) is 2.93. The number of hydrogen-bond donors (Lipinski definition) is 0. The summed E-state index contributed by atoms with van der Waals surface area (Å²) >= 11 is 0. The van der Waals surface area contributed by atoms with Crippen molar-refractivity contribution in [1.82, 2.24) is 18.9 Å². The van der Waals surface area contributed by atoms with E-state index in [1.807, 2.05) is 53.9 Å². The van der Waals surface area contributed by atoms with Crippen molar-refractivity contribution in [1.29, 1.82) is 0 Å². The Labute approximate surface area is 133 Å². The van der Waals surface area contributed by atoms with E-state index in [-0.39, 0.29) is 5.91 Å². The molecule has 0 saturated carbocycles. The lowest BCUT2D eigenvalue weighted by molar-refractivity contribution is 0.0964. The topological polar surface area (TPSA) is 52.2 Å². The van der Waals surface area contributed by atoms with Crippen LogP contribution >= 0.6 is 0 Å². The minimum Gasteiger partial charge on any atom is -0.303 e. The maximum absolute atomic E-state index is 12.8. The van der Waals surface area contributed by atoms with Crippen molar-refractivity contribution < 1.29 is 4.79 Å². The summed E-state index contributed by atoms with van der Waals surface area (Å²) in [5, 5.41) is 0. The van der Waals surface area contributed by atoms with E-state index in [2.05, 4.69) is 16.9 Å². The molecule has 0 N–H and O–H groups in total. The Bertz CT molecular complexity index is 1040. The molecule has 0 unspecified atom stereocenters. The summed E-state index contributed by atoms with van der Waals surface area (Å²) in [6, 6.07) is 11.3. The highest BCUT2D eigenvalue weighted by Crippen LogP contribution is 2.17. The molecular formula is C18H16N4O. The van der Waals surface area contributed by atoms with E-state index in [1.165, 1.54) is 0 Å². The summed E-state index contributed by atoms with van der Waals surface area (Å²) in [6.45, 7) is 4.11. The molecule has 23 heavy (non-hydrogen) atoms. The van der Waals surface area contributed by atoms with Gasteiger partial charge < -0.3 is 4.40 Å². The second-order valence-electron chi connectivity index (χ2n) is 5.55. The highest BCUT2D eigenvalue weighted by atomic mass is 16.2. The molecule has 0 aliphatic rings. The normalized spacial score (nSPS) is 11.4. The van der Waals surface area contributed by atoms with Crippen molar-refractivity contribution in [2.75, 3.05) is 0 Å². The minimum absolute atomic E-state index is 0.0910. The molecule has 1 aromatic carbocycles. The van der Waals surface area contributed by atoms with Crippen LogP contribution in [0.2, 0.25) is 0 Å². The van der Waals surface area contributed by atoms with Gasteiger partial charge in [-0.3, -0.25) is 9.36 Å². The van der Waals surface area contributed by atoms with Crippen LogP contribution in [0, 0.1) is 6.92 Å². The van der Waals surface area contributed by atoms with Crippen molar-refractivity contribution in [2.45, 2.75) is 20.3 Å². The first-order valence-corrected chi connectivity index (χ1v) is 7.63. The van der Waals surface area contributed by atoms with Crippen LogP contribution in [0.4, 0.5) is 0 Å². The first-order chi connectivity index (χ1) is 11.2. The minimum atomic E-state index is -0.0910. The maximum Gasteiger partial charge on any atom is 0.265 e. The first-order valence-electron chi connectivity index (χ1n) is 7.63. The highest BCUT2D eigenvalue weighted by Gasteiger charge is 2.14. The van der Waals surface area contributed by atoms with Crippen LogP contribution in [0.5, 0.6) is 0 Å². The fraction of sp³-hybridized carbons (Fsp3) is 0.167. The number of para-hydroxylation sites is 2. The smallest absolute Gasteiger partial charge is 0.265 e. The summed E-state index contributed by atoms with van der Waals surface area (Å²) in [5.74, 6) is -0.0910. The molecule has 4 rings (SSSR count). The number of aromatic nitrogens is 4. The summed E-state index contributed by atoms with van der Waals surface area (Å²) in [4.78, 5) is 21.7. The second-order valence-corrected chi connectivity index (χ2v) is 5.55. The molecular weight excluding hydrogens is 288 g/mol. The van der Waals surface area contributed by atoms with E-state index in [9.17, 15) is 4.79 Å². The van der Waals surface area contributed by atoms with Crippen LogP contribution in [0.3, 0.4) is 0 Å².